The van der Waals surface area contributed by atoms with Gasteiger partial charge in [-0.2, -0.15) is 5.26 Å². The van der Waals surface area contributed by atoms with Gasteiger partial charge in [0.1, 0.15) is 5.54 Å². The number of nitriles is 1. The lowest BCUT2D eigenvalue weighted by atomic mass is 9.91. The molecule has 0 aliphatic rings. The molecule has 0 bridgehead atoms. The van der Waals surface area contributed by atoms with Gasteiger partial charge in [0.05, 0.1) is 12.7 Å². The van der Waals surface area contributed by atoms with Crippen molar-refractivity contribution in [3.8, 4) is 6.07 Å². The molecule has 0 spiro atoms. The minimum absolute atomic E-state index is 0.366. The van der Waals surface area contributed by atoms with Gasteiger partial charge in [-0.1, -0.05) is 37.3 Å². The van der Waals surface area contributed by atoms with Crippen LogP contribution in [0.4, 0.5) is 0 Å². The predicted octanol–water partition coefficient (Wildman–Crippen LogP) is 2.11. The van der Waals surface area contributed by atoms with Gasteiger partial charge in [0.25, 0.3) is 0 Å². The van der Waals surface area contributed by atoms with Crippen molar-refractivity contribution in [2.24, 2.45) is 5.73 Å². The molecule has 1 rings (SSSR count). The van der Waals surface area contributed by atoms with Crippen LogP contribution in [0.15, 0.2) is 30.3 Å². The molecular formula is C16H25N3O. The van der Waals surface area contributed by atoms with E-state index in [0.29, 0.717) is 19.2 Å². The third-order valence-corrected chi connectivity index (χ3v) is 3.74. The molecule has 0 aliphatic heterocycles. The molecule has 4 nitrogen and oxygen atoms in total. The van der Waals surface area contributed by atoms with Crippen LogP contribution >= 0.6 is 0 Å². The highest BCUT2D eigenvalue weighted by Gasteiger charge is 2.31. The largest absolute Gasteiger partial charge is 0.383 e. The van der Waals surface area contributed by atoms with Gasteiger partial charge >= 0.3 is 0 Å². The number of benzene rings is 1. The first-order chi connectivity index (χ1) is 9.57. The zero-order valence-electron chi connectivity index (χ0n) is 12.7. The summed E-state index contributed by atoms with van der Waals surface area (Å²) in [5.74, 6) is 0. The Kier molecular flexibility index (Phi) is 6.66. The minimum Gasteiger partial charge on any atom is -0.383 e. The summed E-state index contributed by atoms with van der Waals surface area (Å²) >= 11 is 0. The van der Waals surface area contributed by atoms with Crippen LogP contribution < -0.4 is 5.73 Å². The number of hydrogen-bond donors (Lipinski definition) is 1. The Morgan fingerprint density at radius 3 is 2.55 bits per heavy atom. The normalized spacial score (nSPS) is 15.6. The van der Waals surface area contributed by atoms with Gasteiger partial charge < -0.3 is 10.5 Å². The second-order valence-corrected chi connectivity index (χ2v) is 5.17. The van der Waals surface area contributed by atoms with E-state index in [-0.39, 0.29) is 0 Å². The Morgan fingerprint density at radius 1 is 1.40 bits per heavy atom. The van der Waals surface area contributed by atoms with Crippen molar-refractivity contribution >= 4 is 0 Å². The van der Waals surface area contributed by atoms with Crippen LogP contribution in [0.25, 0.3) is 0 Å². The maximum absolute atomic E-state index is 9.53. The van der Waals surface area contributed by atoms with E-state index in [1.807, 2.05) is 30.3 Å². The maximum atomic E-state index is 9.53. The molecule has 2 N–H and O–H groups in total. The topological polar surface area (TPSA) is 62.3 Å². The van der Waals surface area contributed by atoms with E-state index in [2.05, 4.69) is 24.8 Å². The first-order valence-electron chi connectivity index (χ1n) is 7.06. The Morgan fingerprint density at radius 2 is 2.05 bits per heavy atom. The highest BCUT2D eigenvalue weighted by atomic mass is 16.5. The average molecular weight is 275 g/mol. The molecule has 0 heterocycles. The van der Waals surface area contributed by atoms with Crippen LogP contribution in [-0.4, -0.2) is 37.7 Å². The Hall–Kier alpha value is -1.41. The molecule has 0 amide bonds. The summed E-state index contributed by atoms with van der Waals surface area (Å²) in [6.45, 7) is 6.21. The molecular weight excluding hydrogens is 250 g/mol. The smallest absolute Gasteiger partial charge is 0.142 e. The first kappa shape index (κ1) is 16.6. The molecule has 1 aromatic carbocycles. The maximum Gasteiger partial charge on any atom is 0.142 e. The van der Waals surface area contributed by atoms with Gasteiger partial charge in [0.15, 0.2) is 0 Å². The summed E-state index contributed by atoms with van der Waals surface area (Å²) < 4.78 is 5.16. The summed E-state index contributed by atoms with van der Waals surface area (Å²) in [5.41, 5.74) is 6.21. The van der Waals surface area contributed by atoms with E-state index in [1.165, 1.54) is 0 Å². The number of methoxy groups -OCH3 is 1. The number of nitrogens with two attached hydrogens (primary N) is 1. The van der Waals surface area contributed by atoms with Gasteiger partial charge in [0.2, 0.25) is 0 Å². The van der Waals surface area contributed by atoms with Crippen molar-refractivity contribution in [2.75, 3.05) is 26.8 Å². The van der Waals surface area contributed by atoms with Crippen LogP contribution in [0.2, 0.25) is 0 Å². The number of hydrogen-bond acceptors (Lipinski definition) is 4. The molecule has 0 aromatic heterocycles. The summed E-state index contributed by atoms with van der Waals surface area (Å²) in [4.78, 5) is 2.22. The predicted molar refractivity (Wildman–Crippen MR) is 81.1 cm³/mol. The molecule has 110 valence electrons. The number of rotatable bonds is 8. The summed E-state index contributed by atoms with van der Waals surface area (Å²) in [6.07, 6.45) is 1.01. The lowest BCUT2D eigenvalue weighted by Crippen LogP contribution is -2.50. The SMILES string of the molecule is CCC(C)N(CCOC)CC(N)(C#N)c1ccccc1. The van der Waals surface area contributed by atoms with E-state index in [0.717, 1.165) is 18.5 Å². The summed E-state index contributed by atoms with van der Waals surface area (Å²) in [7, 11) is 1.69. The van der Waals surface area contributed by atoms with Gasteiger partial charge in [-0.3, -0.25) is 4.90 Å². The van der Waals surface area contributed by atoms with Crippen molar-refractivity contribution in [1.29, 1.82) is 5.26 Å². The molecule has 2 unspecified atom stereocenters. The van der Waals surface area contributed by atoms with Crippen molar-refractivity contribution < 1.29 is 4.74 Å². The van der Waals surface area contributed by atoms with Crippen molar-refractivity contribution in [3.05, 3.63) is 35.9 Å². The van der Waals surface area contributed by atoms with E-state index >= 15 is 0 Å². The van der Waals surface area contributed by atoms with Crippen LogP contribution in [0.5, 0.6) is 0 Å². The van der Waals surface area contributed by atoms with Crippen molar-refractivity contribution in [3.63, 3.8) is 0 Å². The minimum atomic E-state index is -0.988. The van der Waals surface area contributed by atoms with Crippen molar-refractivity contribution in [2.45, 2.75) is 31.8 Å². The summed E-state index contributed by atoms with van der Waals surface area (Å²) in [6, 6.07) is 12.2. The van der Waals surface area contributed by atoms with Crippen LogP contribution in [0.3, 0.4) is 0 Å². The molecule has 0 fully saturated rings. The second kappa shape index (κ2) is 8.01. The van der Waals surface area contributed by atoms with Crippen LogP contribution in [0, 0.1) is 11.3 Å². The van der Waals surface area contributed by atoms with Gasteiger partial charge in [-0.25, -0.2) is 0 Å². The van der Waals surface area contributed by atoms with E-state index < -0.39 is 5.54 Å². The Bertz CT molecular complexity index is 429. The molecule has 0 saturated heterocycles. The van der Waals surface area contributed by atoms with E-state index in [1.54, 1.807) is 7.11 Å². The molecule has 0 aliphatic carbocycles. The highest BCUT2D eigenvalue weighted by molar-refractivity contribution is 5.31. The molecule has 2 atom stereocenters. The zero-order chi connectivity index (χ0) is 15.0. The number of nitrogens with zero attached hydrogens (tertiary/aromatic N) is 2. The lowest BCUT2D eigenvalue weighted by Gasteiger charge is -2.34. The third-order valence-electron chi connectivity index (χ3n) is 3.74. The fraction of sp³-hybridized carbons (Fsp3) is 0.562. The molecule has 20 heavy (non-hydrogen) atoms. The molecule has 0 saturated carbocycles. The quantitative estimate of drug-likeness (QED) is 0.789. The molecule has 0 radical (unpaired) electrons. The Labute approximate surface area is 122 Å². The average Bonchev–Trinajstić information content (AvgIpc) is 2.51. The van der Waals surface area contributed by atoms with Crippen LogP contribution in [0.1, 0.15) is 25.8 Å². The monoisotopic (exact) mass is 275 g/mol. The second-order valence-electron chi connectivity index (χ2n) is 5.17. The van der Waals surface area contributed by atoms with Gasteiger partial charge in [-0.15, -0.1) is 0 Å². The zero-order valence-corrected chi connectivity index (χ0v) is 12.7. The van der Waals surface area contributed by atoms with E-state index in [9.17, 15) is 5.26 Å². The first-order valence-corrected chi connectivity index (χ1v) is 7.06. The highest BCUT2D eigenvalue weighted by Crippen LogP contribution is 2.20. The Balaban J connectivity index is 2.90. The lowest BCUT2D eigenvalue weighted by molar-refractivity contribution is 0.110. The fourth-order valence-electron chi connectivity index (χ4n) is 2.17. The third kappa shape index (κ3) is 4.31. The van der Waals surface area contributed by atoms with Crippen LogP contribution in [-0.2, 0) is 10.3 Å². The summed E-state index contributed by atoms with van der Waals surface area (Å²) in [5, 5.41) is 9.53. The van der Waals surface area contributed by atoms with Gasteiger partial charge in [-0.05, 0) is 18.9 Å². The molecule has 4 heteroatoms. The fourth-order valence-corrected chi connectivity index (χ4v) is 2.17. The standard InChI is InChI=1S/C16H25N3O/c1-4-14(2)19(10-11-20-3)13-16(18,12-17)15-8-6-5-7-9-15/h5-9,14H,4,10-11,13,18H2,1-3H3. The molecule has 1 aromatic rings. The number of ether oxygens (including phenoxy) is 1. The van der Waals surface area contributed by atoms with Crippen molar-refractivity contribution in [1.82, 2.24) is 4.90 Å². The van der Waals surface area contributed by atoms with E-state index in [4.69, 9.17) is 10.5 Å². The van der Waals surface area contributed by atoms with Gasteiger partial charge in [0, 0.05) is 26.2 Å².